The molecule has 0 unspecified atom stereocenters. The molecule has 86 valence electrons. The first-order chi connectivity index (χ1) is 8.04. The zero-order valence-electron chi connectivity index (χ0n) is 8.71. The summed E-state index contributed by atoms with van der Waals surface area (Å²) < 4.78 is 2.45. The molecular weight excluding hydrogens is 325 g/mol. The lowest BCUT2D eigenvalue weighted by Gasteiger charge is -2.08. The Balaban J connectivity index is 2.80. The molecule has 0 fully saturated rings. The summed E-state index contributed by atoms with van der Waals surface area (Å²) in [6.45, 7) is 0. The number of aryl methyl sites for hydroxylation is 1. The lowest BCUT2D eigenvalue weighted by Crippen LogP contribution is -1.96. The second-order valence-corrected chi connectivity index (χ2v) is 5.08. The molecule has 0 radical (unpaired) electrons. The highest BCUT2D eigenvalue weighted by molar-refractivity contribution is 9.10. The van der Waals surface area contributed by atoms with Gasteiger partial charge in [0.2, 0.25) is 0 Å². The summed E-state index contributed by atoms with van der Waals surface area (Å²) in [4.78, 5) is 0. The molecule has 0 N–H and O–H groups in total. The van der Waals surface area contributed by atoms with E-state index < -0.39 is 0 Å². The van der Waals surface area contributed by atoms with Gasteiger partial charge in [0.25, 0.3) is 0 Å². The average molecular weight is 331 g/mol. The largest absolute Gasteiger partial charge is 0.267 e. The van der Waals surface area contributed by atoms with Crippen LogP contribution in [0.15, 0.2) is 22.8 Å². The van der Waals surface area contributed by atoms with Crippen LogP contribution < -0.4 is 0 Å². The van der Waals surface area contributed by atoms with E-state index in [1.54, 1.807) is 30.1 Å². The molecule has 0 aliphatic heterocycles. The maximum atomic E-state index is 9.15. The molecule has 0 atom stereocenters. The predicted molar refractivity (Wildman–Crippen MR) is 71.1 cm³/mol. The third-order valence-electron chi connectivity index (χ3n) is 2.32. The third-order valence-corrected chi connectivity index (χ3v) is 3.41. The fourth-order valence-corrected chi connectivity index (χ4v) is 2.69. The van der Waals surface area contributed by atoms with Crippen molar-refractivity contribution in [2.75, 3.05) is 0 Å². The summed E-state index contributed by atoms with van der Waals surface area (Å²) in [5.74, 6) is 0. The smallest absolute Gasteiger partial charge is 0.101 e. The molecule has 0 spiro atoms. The summed E-state index contributed by atoms with van der Waals surface area (Å²) in [7, 11) is 1.79. The van der Waals surface area contributed by atoms with E-state index in [-0.39, 0.29) is 0 Å². The number of rotatable bonds is 1. The molecule has 1 heterocycles. The first kappa shape index (κ1) is 12.4. The van der Waals surface area contributed by atoms with Crippen molar-refractivity contribution in [2.45, 2.75) is 0 Å². The summed E-state index contributed by atoms with van der Waals surface area (Å²) >= 11 is 15.4. The number of halogens is 3. The maximum Gasteiger partial charge on any atom is 0.101 e. The van der Waals surface area contributed by atoms with Gasteiger partial charge in [0.15, 0.2) is 0 Å². The molecule has 17 heavy (non-hydrogen) atoms. The fourth-order valence-electron chi connectivity index (χ4n) is 1.59. The van der Waals surface area contributed by atoms with Gasteiger partial charge in [0.05, 0.1) is 26.9 Å². The first-order valence-electron chi connectivity index (χ1n) is 4.61. The number of benzene rings is 1. The highest BCUT2D eigenvalue weighted by Gasteiger charge is 2.16. The monoisotopic (exact) mass is 329 g/mol. The number of hydrogen-bond donors (Lipinski definition) is 0. The van der Waals surface area contributed by atoms with Crippen LogP contribution >= 0.6 is 39.1 Å². The van der Waals surface area contributed by atoms with Crippen LogP contribution in [0, 0.1) is 11.3 Å². The Bertz CT molecular complexity index is 609. The van der Waals surface area contributed by atoms with Crippen LogP contribution in [0.5, 0.6) is 0 Å². The minimum Gasteiger partial charge on any atom is -0.267 e. The molecule has 0 saturated carbocycles. The fraction of sp³-hybridized carbons (Fsp3) is 0.0909. The van der Waals surface area contributed by atoms with Gasteiger partial charge in [0, 0.05) is 17.6 Å². The topological polar surface area (TPSA) is 41.6 Å². The van der Waals surface area contributed by atoms with Crippen molar-refractivity contribution in [3.05, 3.63) is 38.4 Å². The van der Waals surface area contributed by atoms with E-state index in [4.69, 9.17) is 28.5 Å². The summed E-state index contributed by atoms with van der Waals surface area (Å²) in [6, 6.07) is 5.33. The number of nitrogens with zero attached hydrogens (tertiary/aromatic N) is 3. The highest BCUT2D eigenvalue weighted by atomic mass is 79.9. The molecular formula is C11H6BrCl2N3. The Morgan fingerprint density at radius 3 is 2.65 bits per heavy atom. The molecule has 0 bridgehead atoms. The Morgan fingerprint density at radius 1 is 1.41 bits per heavy atom. The lowest BCUT2D eigenvalue weighted by molar-refractivity contribution is 0.775. The molecule has 0 aliphatic carbocycles. The van der Waals surface area contributed by atoms with Gasteiger partial charge in [-0.1, -0.05) is 23.2 Å². The van der Waals surface area contributed by atoms with E-state index in [0.29, 0.717) is 21.2 Å². The van der Waals surface area contributed by atoms with Crippen LogP contribution in [0.4, 0.5) is 0 Å². The highest BCUT2D eigenvalue weighted by Crippen LogP contribution is 2.35. The van der Waals surface area contributed by atoms with Gasteiger partial charge in [0.1, 0.15) is 6.07 Å². The van der Waals surface area contributed by atoms with Crippen molar-refractivity contribution in [2.24, 2.45) is 7.05 Å². The molecule has 1 aromatic carbocycles. The van der Waals surface area contributed by atoms with Crippen molar-refractivity contribution < 1.29 is 0 Å². The van der Waals surface area contributed by atoms with Gasteiger partial charge in [-0.15, -0.1) is 0 Å². The molecule has 3 nitrogen and oxygen atoms in total. The normalized spacial score (nSPS) is 10.3. The summed E-state index contributed by atoms with van der Waals surface area (Å²) in [6.07, 6.45) is 1.66. The maximum absolute atomic E-state index is 9.15. The lowest BCUT2D eigenvalue weighted by atomic mass is 10.1. The van der Waals surface area contributed by atoms with Crippen LogP contribution in [-0.4, -0.2) is 9.78 Å². The van der Waals surface area contributed by atoms with E-state index >= 15 is 0 Å². The van der Waals surface area contributed by atoms with Gasteiger partial charge in [-0.05, 0) is 28.1 Å². The minimum atomic E-state index is 0.336. The van der Waals surface area contributed by atoms with Crippen LogP contribution in [0.25, 0.3) is 11.3 Å². The van der Waals surface area contributed by atoms with Crippen LogP contribution in [-0.2, 0) is 7.05 Å². The SMILES string of the molecule is Cn1ncc(Br)c1-c1cc(Cl)cc(Cl)c1C#N. The minimum absolute atomic E-state index is 0.336. The molecule has 2 rings (SSSR count). The summed E-state index contributed by atoms with van der Waals surface area (Å²) in [5, 5.41) is 14.1. The van der Waals surface area contributed by atoms with Crippen LogP contribution in [0.1, 0.15) is 5.56 Å². The third kappa shape index (κ3) is 2.19. The average Bonchev–Trinajstić information content (AvgIpc) is 2.57. The van der Waals surface area contributed by atoms with Gasteiger partial charge >= 0.3 is 0 Å². The first-order valence-corrected chi connectivity index (χ1v) is 6.16. The van der Waals surface area contributed by atoms with E-state index in [0.717, 1.165) is 10.2 Å². The Hall–Kier alpha value is -1.02. The van der Waals surface area contributed by atoms with Crippen molar-refractivity contribution in [3.63, 3.8) is 0 Å². The number of nitriles is 1. The number of aromatic nitrogens is 2. The number of hydrogen-bond acceptors (Lipinski definition) is 2. The Kier molecular flexibility index (Phi) is 3.43. The Labute approximate surface area is 117 Å². The molecule has 2 aromatic rings. The van der Waals surface area contributed by atoms with E-state index in [9.17, 15) is 0 Å². The van der Waals surface area contributed by atoms with Crippen molar-refractivity contribution in [1.29, 1.82) is 5.26 Å². The molecule has 0 aliphatic rings. The standard InChI is InChI=1S/C11H6BrCl2N3/c1-17-11(9(12)5-16-17)7-2-6(13)3-10(14)8(7)4-15/h2-3,5H,1H3. The molecule has 6 heteroatoms. The zero-order chi connectivity index (χ0) is 12.6. The van der Waals surface area contributed by atoms with Crippen LogP contribution in [0.3, 0.4) is 0 Å². The second-order valence-electron chi connectivity index (χ2n) is 3.39. The van der Waals surface area contributed by atoms with E-state index in [2.05, 4.69) is 27.1 Å². The van der Waals surface area contributed by atoms with Gasteiger partial charge in [-0.2, -0.15) is 10.4 Å². The van der Waals surface area contributed by atoms with Gasteiger partial charge in [-0.3, -0.25) is 4.68 Å². The van der Waals surface area contributed by atoms with Crippen molar-refractivity contribution >= 4 is 39.1 Å². The Morgan fingerprint density at radius 2 is 2.12 bits per heavy atom. The molecule has 0 amide bonds. The second kappa shape index (κ2) is 4.69. The quantitative estimate of drug-likeness (QED) is 0.792. The van der Waals surface area contributed by atoms with E-state index in [1.165, 1.54) is 0 Å². The van der Waals surface area contributed by atoms with E-state index in [1.807, 2.05) is 0 Å². The predicted octanol–water partition coefficient (Wildman–Crippen LogP) is 4.03. The summed E-state index contributed by atoms with van der Waals surface area (Å²) in [5.41, 5.74) is 1.82. The zero-order valence-corrected chi connectivity index (χ0v) is 11.8. The van der Waals surface area contributed by atoms with Gasteiger partial charge in [-0.25, -0.2) is 0 Å². The van der Waals surface area contributed by atoms with Crippen LogP contribution in [0.2, 0.25) is 10.0 Å². The van der Waals surface area contributed by atoms with Gasteiger partial charge < -0.3 is 0 Å². The van der Waals surface area contributed by atoms with Crippen molar-refractivity contribution in [3.8, 4) is 17.3 Å². The molecule has 1 aromatic heterocycles. The molecule has 0 saturated heterocycles. The van der Waals surface area contributed by atoms with Crippen molar-refractivity contribution in [1.82, 2.24) is 9.78 Å².